The van der Waals surface area contributed by atoms with Crippen LogP contribution in [-0.4, -0.2) is 20.3 Å². The van der Waals surface area contributed by atoms with E-state index in [1.165, 1.54) is 22.3 Å². The maximum atomic E-state index is 6.03. The molecule has 0 aliphatic carbocycles. The molecule has 2 aromatic carbocycles. The van der Waals surface area contributed by atoms with Crippen molar-refractivity contribution in [3.05, 3.63) is 58.7 Å². The van der Waals surface area contributed by atoms with Gasteiger partial charge >= 0.3 is 0 Å². The molecule has 23 heavy (non-hydrogen) atoms. The average Bonchev–Trinajstić information content (AvgIpc) is 2.52. The third-order valence-electron chi connectivity index (χ3n) is 4.21. The van der Waals surface area contributed by atoms with Crippen molar-refractivity contribution >= 4 is 0 Å². The van der Waals surface area contributed by atoms with Crippen LogP contribution in [0.1, 0.15) is 34.6 Å². The Hall–Kier alpha value is -2.00. The molecule has 0 aliphatic rings. The molecule has 0 fully saturated rings. The summed E-state index contributed by atoms with van der Waals surface area (Å²) in [7, 11) is 1.66. The van der Waals surface area contributed by atoms with Gasteiger partial charge in [0.2, 0.25) is 0 Å². The molecule has 0 radical (unpaired) electrons. The van der Waals surface area contributed by atoms with E-state index in [0.717, 1.165) is 17.9 Å². The molecular weight excluding hydrogens is 286 g/mol. The summed E-state index contributed by atoms with van der Waals surface area (Å²) < 4.78 is 11.1. The number of hydrogen-bond donors (Lipinski definition) is 1. The van der Waals surface area contributed by atoms with E-state index in [9.17, 15) is 0 Å². The van der Waals surface area contributed by atoms with E-state index >= 15 is 0 Å². The minimum atomic E-state index is 0.321. The van der Waals surface area contributed by atoms with Crippen LogP contribution in [0.25, 0.3) is 0 Å². The van der Waals surface area contributed by atoms with Gasteiger partial charge in [-0.1, -0.05) is 23.8 Å². The zero-order chi connectivity index (χ0) is 16.8. The smallest absolute Gasteiger partial charge is 0.122 e. The van der Waals surface area contributed by atoms with E-state index in [-0.39, 0.29) is 0 Å². The fraction of sp³-hybridized carbons (Fsp3) is 0.400. The topological polar surface area (TPSA) is 44.5 Å². The Morgan fingerprint density at radius 1 is 1.00 bits per heavy atom. The molecule has 2 rings (SSSR count). The maximum absolute atomic E-state index is 6.03. The lowest BCUT2D eigenvalue weighted by Crippen LogP contribution is -2.18. The first-order chi connectivity index (χ1) is 11.0. The number of rotatable bonds is 7. The third kappa shape index (κ3) is 4.49. The highest BCUT2D eigenvalue weighted by atomic mass is 16.5. The second-order valence-corrected chi connectivity index (χ2v) is 6.06. The molecule has 0 aliphatic heterocycles. The van der Waals surface area contributed by atoms with E-state index < -0.39 is 0 Å². The maximum Gasteiger partial charge on any atom is 0.122 e. The van der Waals surface area contributed by atoms with Gasteiger partial charge in [0.25, 0.3) is 0 Å². The largest absolute Gasteiger partial charge is 0.497 e. The first kappa shape index (κ1) is 17.4. The first-order valence-electron chi connectivity index (χ1n) is 8.09. The number of nitrogens with two attached hydrogens (primary N) is 1. The van der Waals surface area contributed by atoms with Gasteiger partial charge in [-0.15, -0.1) is 0 Å². The van der Waals surface area contributed by atoms with Crippen molar-refractivity contribution < 1.29 is 9.47 Å². The molecule has 0 amide bonds. The second-order valence-electron chi connectivity index (χ2n) is 6.06. The highest BCUT2D eigenvalue weighted by Crippen LogP contribution is 2.27. The molecule has 2 aromatic rings. The number of ether oxygens (including phenoxy) is 2. The molecule has 0 saturated carbocycles. The molecule has 3 nitrogen and oxygen atoms in total. The Morgan fingerprint density at radius 3 is 2.26 bits per heavy atom. The number of hydrogen-bond acceptors (Lipinski definition) is 3. The van der Waals surface area contributed by atoms with Crippen molar-refractivity contribution in [3.63, 3.8) is 0 Å². The van der Waals surface area contributed by atoms with Crippen molar-refractivity contribution in [1.82, 2.24) is 0 Å². The van der Waals surface area contributed by atoms with Gasteiger partial charge in [-0.3, -0.25) is 0 Å². The zero-order valence-electron chi connectivity index (χ0n) is 14.6. The fourth-order valence-corrected chi connectivity index (χ4v) is 3.23. The Bertz CT molecular complexity index is 629. The van der Waals surface area contributed by atoms with Gasteiger partial charge in [0.05, 0.1) is 13.7 Å². The van der Waals surface area contributed by atoms with Crippen LogP contribution in [0, 0.1) is 20.8 Å². The predicted octanol–water partition coefficient (Wildman–Crippen LogP) is 4.13. The Labute approximate surface area is 139 Å². The molecule has 3 heteroatoms. The van der Waals surface area contributed by atoms with Crippen LogP contribution in [0.15, 0.2) is 36.4 Å². The van der Waals surface area contributed by atoms with Crippen LogP contribution in [0.5, 0.6) is 11.5 Å². The van der Waals surface area contributed by atoms with Crippen molar-refractivity contribution in [2.45, 2.75) is 33.1 Å². The highest BCUT2D eigenvalue weighted by Gasteiger charge is 2.15. The van der Waals surface area contributed by atoms with Gasteiger partial charge in [-0.05, 0) is 68.5 Å². The van der Waals surface area contributed by atoms with Crippen LogP contribution in [0.4, 0.5) is 0 Å². The zero-order valence-corrected chi connectivity index (χ0v) is 14.6. The second kappa shape index (κ2) is 8.02. The first-order valence-corrected chi connectivity index (χ1v) is 8.09. The van der Waals surface area contributed by atoms with Crippen LogP contribution < -0.4 is 15.2 Å². The van der Waals surface area contributed by atoms with Crippen LogP contribution in [-0.2, 0) is 0 Å². The minimum Gasteiger partial charge on any atom is -0.497 e. The van der Waals surface area contributed by atoms with Gasteiger partial charge < -0.3 is 15.2 Å². The summed E-state index contributed by atoms with van der Waals surface area (Å²) in [5.74, 6) is 1.96. The number of methoxy groups -OCH3 is 1. The van der Waals surface area contributed by atoms with Gasteiger partial charge in [-0.25, -0.2) is 0 Å². The molecule has 1 atom stereocenters. The summed E-state index contributed by atoms with van der Waals surface area (Å²) in [5, 5.41) is 0. The molecule has 0 spiro atoms. The van der Waals surface area contributed by atoms with Crippen molar-refractivity contribution in [1.29, 1.82) is 0 Å². The van der Waals surface area contributed by atoms with E-state index in [1.807, 2.05) is 24.3 Å². The molecule has 0 aromatic heterocycles. The lowest BCUT2D eigenvalue weighted by molar-refractivity contribution is 0.296. The molecule has 0 bridgehead atoms. The lowest BCUT2D eigenvalue weighted by Gasteiger charge is -2.21. The summed E-state index contributed by atoms with van der Waals surface area (Å²) in [6.45, 7) is 7.74. The van der Waals surface area contributed by atoms with Gasteiger partial charge in [0.15, 0.2) is 0 Å². The van der Waals surface area contributed by atoms with Gasteiger partial charge in [0.1, 0.15) is 11.5 Å². The Kier molecular flexibility index (Phi) is 6.05. The summed E-state index contributed by atoms with van der Waals surface area (Å²) >= 11 is 0. The van der Waals surface area contributed by atoms with E-state index in [1.54, 1.807) is 7.11 Å². The quantitative estimate of drug-likeness (QED) is 0.836. The SMILES string of the molecule is COc1cccc(OCCC(CN)c2c(C)cc(C)cc2C)c1. The highest BCUT2D eigenvalue weighted by molar-refractivity contribution is 5.40. The molecule has 0 saturated heterocycles. The predicted molar refractivity (Wildman–Crippen MR) is 95.6 cm³/mol. The summed E-state index contributed by atoms with van der Waals surface area (Å²) in [4.78, 5) is 0. The number of aryl methyl sites for hydroxylation is 3. The molecule has 124 valence electrons. The van der Waals surface area contributed by atoms with Crippen LogP contribution in [0.3, 0.4) is 0 Å². The van der Waals surface area contributed by atoms with Gasteiger partial charge in [-0.2, -0.15) is 0 Å². The van der Waals surface area contributed by atoms with E-state index in [0.29, 0.717) is 19.1 Å². The monoisotopic (exact) mass is 313 g/mol. The lowest BCUT2D eigenvalue weighted by atomic mass is 9.87. The normalized spacial score (nSPS) is 12.0. The summed E-state index contributed by atoms with van der Waals surface area (Å²) in [6.07, 6.45) is 0.901. The average molecular weight is 313 g/mol. The summed E-state index contributed by atoms with van der Waals surface area (Å²) in [6, 6.07) is 12.2. The molecule has 1 unspecified atom stereocenters. The number of benzene rings is 2. The van der Waals surface area contributed by atoms with Crippen molar-refractivity contribution in [3.8, 4) is 11.5 Å². The van der Waals surface area contributed by atoms with Crippen LogP contribution in [0.2, 0.25) is 0 Å². The van der Waals surface area contributed by atoms with Crippen molar-refractivity contribution in [2.75, 3.05) is 20.3 Å². The summed E-state index contributed by atoms with van der Waals surface area (Å²) in [5.41, 5.74) is 11.3. The third-order valence-corrected chi connectivity index (χ3v) is 4.21. The Morgan fingerprint density at radius 2 is 1.65 bits per heavy atom. The van der Waals surface area contributed by atoms with E-state index in [4.69, 9.17) is 15.2 Å². The molecule has 2 N–H and O–H groups in total. The van der Waals surface area contributed by atoms with Gasteiger partial charge in [0, 0.05) is 6.07 Å². The fourth-order valence-electron chi connectivity index (χ4n) is 3.23. The van der Waals surface area contributed by atoms with Crippen molar-refractivity contribution in [2.24, 2.45) is 5.73 Å². The molecular formula is C20H27NO2. The standard InChI is InChI=1S/C20H27NO2/c1-14-10-15(2)20(16(3)11-14)17(13-21)8-9-23-19-7-5-6-18(12-19)22-4/h5-7,10-12,17H,8-9,13,21H2,1-4H3. The minimum absolute atomic E-state index is 0.321. The Balaban J connectivity index is 2.03. The molecule has 0 heterocycles. The van der Waals surface area contributed by atoms with Crippen LogP contribution >= 0.6 is 0 Å². The van der Waals surface area contributed by atoms with E-state index in [2.05, 4.69) is 32.9 Å².